The van der Waals surface area contributed by atoms with Crippen molar-refractivity contribution in [1.82, 2.24) is 10.6 Å². The highest BCUT2D eigenvalue weighted by Crippen LogP contribution is 2.18. The van der Waals surface area contributed by atoms with E-state index in [0.29, 0.717) is 5.02 Å². The lowest BCUT2D eigenvalue weighted by Crippen LogP contribution is -2.45. The van der Waals surface area contributed by atoms with Crippen LogP contribution in [0.2, 0.25) is 5.02 Å². The zero-order valence-electron chi connectivity index (χ0n) is 14.7. The third-order valence-corrected chi connectivity index (χ3v) is 4.05. The first-order valence-corrected chi connectivity index (χ1v) is 8.61. The highest BCUT2D eigenvalue weighted by molar-refractivity contribution is 6.31. The zero-order chi connectivity index (χ0) is 20.3. The number of carbonyl (C=O) groups is 3. The number of ether oxygens (including phenoxy) is 2. The van der Waals surface area contributed by atoms with Crippen molar-refractivity contribution in [2.24, 2.45) is 0 Å². The number of fused-ring (bicyclic) bond motifs is 1. The predicted octanol–water partition coefficient (Wildman–Crippen LogP) is 1.73. The molecule has 1 aliphatic rings. The normalized spacial score (nSPS) is 13.7. The Kier molecular flexibility index (Phi) is 5.65. The maximum atomic E-state index is 12.3. The lowest BCUT2D eigenvalue weighted by atomic mass is 10.1. The number of rotatable bonds is 5. The standard InChI is InChI=1S/C18H15ClN2O7/c1-2-26-16(23)11-7-20-18(25)21-12(11)8-27-17(24)15-6-13(22)10-5-9(19)3-4-14(10)28-15/h3-6H,2,7-8H2,1H3,(H2,20,21,25). The summed E-state index contributed by atoms with van der Waals surface area (Å²) >= 11 is 5.85. The monoisotopic (exact) mass is 406 g/mol. The van der Waals surface area contributed by atoms with Crippen LogP contribution in [0.1, 0.15) is 17.5 Å². The van der Waals surface area contributed by atoms with Crippen molar-refractivity contribution in [3.8, 4) is 0 Å². The van der Waals surface area contributed by atoms with Gasteiger partial charge in [-0.2, -0.15) is 0 Å². The Hall–Kier alpha value is -3.33. The van der Waals surface area contributed by atoms with Gasteiger partial charge < -0.3 is 24.5 Å². The molecular formula is C18H15ClN2O7. The summed E-state index contributed by atoms with van der Waals surface area (Å²) in [6.45, 7) is 1.31. The first kappa shape index (κ1) is 19.4. The van der Waals surface area contributed by atoms with Gasteiger partial charge in [-0.25, -0.2) is 14.4 Å². The van der Waals surface area contributed by atoms with Gasteiger partial charge in [-0.15, -0.1) is 0 Å². The highest BCUT2D eigenvalue weighted by atomic mass is 35.5. The van der Waals surface area contributed by atoms with E-state index in [0.717, 1.165) is 6.07 Å². The summed E-state index contributed by atoms with van der Waals surface area (Å²) in [5, 5.41) is 5.42. The van der Waals surface area contributed by atoms with Gasteiger partial charge in [0.2, 0.25) is 5.76 Å². The molecule has 0 fully saturated rings. The highest BCUT2D eigenvalue weighted by Gasteiger charge is 2.25. The van der Waals surface area contributed by atoms with Crippen LogP contribution in [0.15, 0.2) is 44.7 Å². The van der Waals surface area contributed by atoms with Gasteiger partial charge in [0.05, 0.1) is 29.8 Å². The first-order chi connectivity index (χ1) is 13.4. The molecule has 0 aliphatic carbocycles. The molecule has 28 heavy (non-hydrogen) atoms. The zero-order valence-corrected chi connectivity index (χ0v) is 15.4. The number of carbonyl (C=O) groups excluding carboxylic acids is 3. The topological polar surface area (TPSA) is 124 Å². The minimum absolute atomic E-state index is 0.0661. The third kappa shape index (κ3) is 4.15. The van der Waals surface area contributed by atoms with E-state index in [9.17, 15) is 19.2 Å². The number of halogens is 1. The molecular weight excluding hydrogens is 392 g/mol. The van der Waals surface area contributed by atoms with Gasteiger partial charge in [-0.3, -0.25) is 4.79 Å². The molecule has 1 aliphatic heterocycles. The van der Waals surface area contributed by atoms with E-state index in [1.807, 2.05) is 0 Å². The second kappa shape index (κ2) is 8.13. The van der Waals surface area contributed by atoms with Crippen LogP contribution in [0.5, 0.6) is 0 Å². The Labute approximate surface area is 163 Å². The molecule has 0 atom stereocenters. The fourth-order valence-corrected chi connectivity index (χ4v) is 2.68. The third-order valence-electron chi connectivity index (χ3n) is 3.81. The summed E-state index contributed by atoms with van der Waals surface area (Å²) in [6, 6.07) is 4.85. The van der Waals surface area contributed by atoms with Crippen molar-refractivity contribution < 1.29 is 28.3 Å². The fourth-order valence-electron chi connectivity index (χ4n) is 2.51. The Bertz CT molecular complexity index is 1060. The smallest absolute Gasteiger partial charge is 0.374 e. The maximum absolute atomic E-state index is 12.3. The second-order valence-electron chi connectivity index (χ2n) is 5.68. The minimum Gasteiger partial charge on any atom is -0.463 e. The molecule has 0 radical (unpaired) electrons. The molecule has 2 N–H and O–H groups in total. The van der Waals surface area contributed by atoms with Crippen LogP contribution in [0, 0.1) is 0 Å². The van der Waals surface area contributed by atoms with E-state index in [1.54, 1.807) is 6.92 Å². The number of hydrogen-bond donors (Lipinski definition) is 2. The summed E-state index contributed by atoms with van der Waals surface area (Å²) in [7, 11) is 0. The molecule has 9 nitrogen and oxygen atoms in total. The molecule has 0 unspecified atom stereocenters. The summed E-state index contributed by atoms with van der Waals surface area (Å²) in [5.41, 5.74) is -0.0722. The van der Waals surface area contributed by atoms with Crippen LogP contribution in [0.25, 0.3) is 11.0 Å². The average molecular weight is 407 g/mol. The number of hydrogen-bond acceptors (Lipinski definition) is 7. The van der Waals surface area contributed by atoms with Gasteiger partial charge in [0, 0.05) is 11.1 Å². The molecule has 3 rings (SSSR count). The second-order valence-corrected chi connectivity index (χ2v) is 6.11. The molecule has 0 saturated heterocycles. The number of nitrogens with one attached hydrogen (secondary N) is 2. The van der Waals surface area contributed by atoms with Crippen molar-refractivity contribution in [2.45, 2.75) is 6.92 Å². The Morgan fingerprint density at radius 3 is 2.71 bits per heavy atom. The first-order valence-electron chi connectivity index (χ1n) is 8.23. The maximum Gasteiger partial charge on any atom is 0.374 e. The molecule has 2 aromatic rings. The SMILES string of the molecule is CCOC(=O)C1=C(COC(=O)c2cc(=O)c3cc(Cl)ccc3o2)NC(=O)NC1. The van der Waals surface area contributed by atoms with Crippen molar-refractivity contribution in [1.29, 1.82) is 0 Å². The number of esters is 2. The minimum atomic E-state index is -0.933. The van der Waals surface area contributed by atoms with E-state index in [4.69, 9.17) is 25.5 Å². The molecule has 2 heterocycles. The Morgan fingerprint density at radius 2 is 1.96 bits per heavy atom. The van der Waals surface area contributed by atoms with Crippen LogP contribution in [-0.2, 0) is 14.3 Å². The van der Waals surface area contributed by atoms with Crippen LogP contribution in [0.4, 0.5) is 4.79 Å². The van der Waals surface area contributed by atoms with E-state index in [-0.39, 0.29) is 41.2 Å². The number of amides is 2. The summed E-state index contributed by atoms with van der Waals surface area (Å²) < 4.78 is 15.4. The lowest BCUT2D eigenvalue weighted by molar-refractivity contribution is -0.138. The van der Waals surface area contributed by atoms with Gasteiger partial charge in [-0.05, 0) is 25.1 Å². The molecule has 10 heteroatoms. The van der Waals surface area contributed by atoms with E-state index >= 15 is 0 Å². The Balaban J connectivity index is 1.81. The van der Waals surface area contributed by atoms with E-state index in [2.05, 4.69) is 10.6 Å². The molecule has 146 valence electrons. The lowest BCUT2D eigenvalue weighted by Gasteiger charge is -2.21. The quantitative estimate of drug-likeness (QED) is 0.724. The van der Waals surface area contributed by atoms with E-state index < -0.39 is 30.0 Å². The molecule has 1 aromatic heterocycles. The summed E-state index contributed by atoms with van der Waals surface area (Å²) in [4.78, 5) is 47.9. The van der Waals surface area contributed by atoms with Crippen LogP contribution in [-0.4, -0.2) is 37.7 Å². The van der Waals surface area contributed by atoms with Crippen molar-refractivity contribution >= 4 is 40.5 Å². The average Bonchev–Trinajstić information content (AvgIpc) is 2.66. The predicted molar refractivity (Wildman–Crippen MR) is 98.0 cm³/mol. The number of urea groups is 1. The fraction of sp³-hybridized carbons (Fsp3) is 0.222. The van der Waals surface area contributed by atoms with Gasteiger partial charge >= 0.3 is 18.0 Å². The van der Waals surface area contributed by atoms with Gasteiger partial charge in [0.15, 0.2) is 5.43 Å². The van der Waals surface area contributed by atoms with Crippen molar-refractivity contribution in [3.63, 3.8) is 0 Å². The number of benzene rings is 1. The molecule has 0 bridgehead atoms. The molecule has 2 amide bonds. The van der Waals surface area contributed by atoms with Crippen LogP contribution >= 0.6 is 11.6 Å². The van der Waals surface area contributed by atoms with Gasteiger partial charge in [-0.1, -0.05) is 11.6 Å². The van der Waals surface area contributed by atoms with Gasteiger partial charge in [0.25, 0.3) is 0 Å². The molecule has 1 aromatic carbocycles. The van der Waals surface area contributed by atoms with E-state index in [1.165, 1.54) is 18.2 Å². The van der Waals surface area contributed by atoms with Crippen LogP contribution in [0.3, 0.4) is 0 Å². The van der Waals surface area contributed by atoms with Crippen LogP contribution < -0.4 is 16.1 Å². The van der Waals surface area contributed by atoms with Gasteiger partial charge in [0.1, 0.15) is 12.2 Å². The van der Waals surface area contributed by atoms with Crippen molar-refractivity contribution in [2.75, 3.05) is 19.8 Å². The molecule has 0 saturated carbocycles. The summed E-state index contributed by atoms with van der Waals surface area (Å²) in [5.74, 6) is -1.90. The Morgan fingerprint density at radius 1 is 1.18 bits per heavy atom. The summed E-state index contributed by atoms with van der Waals surface area (Å²) in [6.07, 6.45) is 0. The molecule has 0 spiro atoms. The largest absolute Gasteiger partial charge is 0.463 e. The van der Waals surface area contributed by atoms with Crippen molar-refractivity contribution in [3.05, 3.63) is 56.5 Å².